The van der Waals surface area contributed by atoms with Gasteiger partial charge in [0.25, 0.3) is 0 Å². The van der Waals surface area contributed by atoms with E-state index in [0.29, 0.717) is 0 Å². The Hall–Kier alpha value is -2.36. The van der Waals surface area contributed by atoms with Gasteiger partial charge in [0.2, 0.25) is 5.91 Å². The maximum atomic E-state index is 13.1. The lowest BCUT2D eigenvalue weighted by atomic mass is 9.94. The highest BCUT2D eigenvalue weighted by atomic mass is 19.1. The minimum absolute atomic E-state index is 0.00848. The molecule has 3 nitrogen and oxygen atoms in total. The van der Waals surface area contributed by atoms with E-state index in [2.05, 4.69) is 0 Å². The normalized spacial score (nSPS) is 18.0. The number of hydrogen-bond donors (Lipinski definition) is 1. The molecule has 0 aromatic heterocycles. The number of piperidine rings is 1. The van der Waals surface area contributed by atoms with Crippen molar-refractivity contribution < 1.29 is 14.3 Å². The fourth-order valence-corrected chi connectivity index (χ4v) is 3.20. The van der Waals surface area contributed by atoms with Gasteiger partial charge in [-0.15, -0.1) is 0 Å². The minimum Gasteiger partial charge on any atom is -0.508 e. The number of carbonyl (C=O) groups excluding carboxylic acids is 1. The van der Waals surface area contributed by atoms with Crippen LogP contribution in [0.25, 0.3) is 0 Å². The summed E-state index contributed by atoms with van der Waals surface area (Å²) in [5, 5.41) is 9.53. The van der Waals surface area contributed by atoms with Crippen LogP contribution in [0, 0.1) is 5.82 Å². The van der Waals surface area contributed by atoms with Gasteiger partial charge in [0.1, 0.15) is 11.6 Å². The second-order valence-corrected chi connectivity index (χ2v) is 6.00. The Morgan fingerprint density at radius 1 is 1.17 bits per heavy atom. The molecule has 1 aliphatic rings. The van der Waals surface area contributed by atoms with E-state index in [-0.39, 0.29) is 29.9 Å². The van der Waals surface area contributed by atoms with Gasteiger partial charge in [-0.05, 0) is 54.7 Å². The molecule has 23 heavy (non-hydrogen) atoms. The Kier molecular flexibility index (Phi) is 4.60. The number of likely N-dealkylation sites (tertiary alicyclic amines) is 1. The van der Waals surface area contributed by atoms with Crippen LogP contribution in [-0.2, 0) is 11.2 Å². The Balaban J connectivity index is 1.77. The zero-order valence-electron chi connectivity index (χ0n) is 12.9. The van der Waals surface area contributed by atoms with Gasteiger partial charge in [0, 0.05) is 6.54 Å². The summed E-state index contributed by atoms with van der Waals surface area (Å²) in [6.45, 7) is 0.722. The molecule has 1 amide bonds. The molecule has 1 saturated heterocycles. The van der Waals surface area contributed by atoms with E-state index < -0.39 is 0 Å². The highest BCUT2D eigenvalue weighted by Gasteiger charge is 2.27. The third-order valence-electron chi connectivity index (χ3n) is 4.34. The number of hydrogen-bond acceptors (Lipinski definition) is 2. The summed E-state index contributed by atoms with van der Waals surface area (Å²) in [5.41, 5.74) is 1.79. The Morgan fingerprint density at radius 2 is 1.96 bits per heavy atom. The van der Waals surface area contributed by atoms with Gasteiger partial charge in [0.15, 0.2) is 0 Å². The van der Waals surface area contributed by atoms with Crippen LogP contribution >= 0.6 is 0 Å². The zero-order valence-corrected chi connectivity index (χ0v) is 12.9. The second kappa shape index (κ2) is 6.82. The number of benzene rings is 2. The van der Waals surface area contributed by atoms with Crippen LogP contribution < -0.4 is 0 Å². The molecule has 0 saturated carbocycles. The van der Waals surface area contributed by atoms with Crippen molar-refractivity contribution in [3.63, 3.8) is 0 Å². The molecule has 4 heteroatoms. The number of amides is 1. The molecule has 0 bridgehead atoms. The Morgan fingerprint density at radius 3 is 2.70 bits per heavy atom. The van der Waals surface area contributed by atoms with Gasteiger partial charge in [-0.3, -0.25) is 4.79 Å². The van der Waals surface area contributed by atoms with Crippen molar-refractivity contribution in [2.75, 3.05) is 6.54 Å². The molecule has 2 aromatic carbocycles. The molecule has 120 valence electrons. The molecule has 3 rings (SSSR count). The molecular formula is C19H20FNO2. The lowest BCUT2D eigenvalue weighted by Gasteiger charge is -2.36. The van der Waals surface area contributed by atoms with Crippen molar-refractivity contribution in [2.24, 2.45) is 0 Å². The molecule has 0 radical (unpaired) electrons. The van der Waals surface area contributed by atoms with Crippen LogP contribution in [0.5, 0.6) is 5.75 Å². The largest absolute Gasteiger partial charge is 0.508 e. The standard InChI is InChI=1S/C19H20FNO2/c20-16-9-7-15(8-10-16)18-6-1-2-11-21(18)19(23)13-14-4-3-5-17(22)12-14/h3-5,7-10,12,18,22H,1-2,6,11,13H2/t18-/m1/s1. The molecule has 1 N–H and O–H groups in total. The first-order chi connectivity index (χ1) is 11.1. The molecule has 1 heterocycles. The predicted octanol–water partition coefficient (Wildman–Crippen LogP) is 3.83. The van der Waals surface area contributed by atoms with E-state index >= 15 is 0 Å². The smallest absolute Gasteiger partial charge is 0.227 e. The van der Waals surface area contributed by atoms with Crippen LogP contribution in [0.4, 0.5) is 4.39 Å². The lowest BCUT2D eigenvalue weighted by Crippen LogP contribution is -2.39. The SMILES string of the molecule is O=C(Cc1cccc(O)c1)N1CCCC[C@@H]1c1ccc(F)cc1. The van der Waals surface area contributed by atoms with Crippen LogP contribution in [0.3, 0.4) is 0 Å². The number of phenolic OH excluding ortho intramolecular Hbond substituents is 1. The molecule has 1 fully saturated rings. The average Bonchev–Trinajstić information content (AvgIpc) is 2.55. The first kappa shape index (κ1) is 15.5. The van der Waals surface area contributed by atoms with E-state index in [9.17, 15) is 14.3 Å². The first-order valence-electron chi connectivity index (χ1n) is 7.96. The van der Waals surface area contributed by atoms with Crippen LogP contribution in [0.2, 0.25) is 0 Å². The summed E-state index contributed by atoms with van der Waals surface area (Å²) in [6, 6.07) is 13.2. The maximum absolute atomic E-state index is 13.1. The lowest BCUT2D eigenvalue weighted by molar-refractivity contribution is -0.134. The number of rotatable bonds is 3. The maximum Gasteiger partial charge on any atom is 0.227 e. The minimum atomic E-state index is -0.262. The number of aromatic hydroxyl groups is 1. The monoisotopic (exact) mass is 313 g/mol. The van der Waals surface area contributed by atoms with E-state index in [4.69, 9.17) is 0 Å². The van der Waals surface area contributed by atoms with Gasteiger partial charge >= 0.3 is 0 Å². The zero-order chi connectivity index (χ0) is 16.2. The van der Waals surface area contributed by atoms with Crippen LogP contribution in [0.15, 0.2) is 48.5 Å². The van der Waals surface area contributed by atoms with Crippen molar-refractivity contribution in [3.05, 3.63) is 65.5 Å². The summed E-state index contributed by atoms with van der Waals surface area (Å²) in [7, 11) is 0. The topological polar surface area (TPSA) is 40.5 Å². The first-order valence-corrected chi connectivity index (χ1v) is 7.96. The average molecular weight is 313 g/mol. The van der Waals surface area contributed by atoms with Crippen molar-refractivity contribution in [2.45, 2.75) is 31.7 Å². The van der Waals surface area contributed by atoms with Crippen LogP contribution in [0.1, 0.15) is 36.4 Å². The molecule has 1 atom stereocenters. The third-order valence-corrected chi connectivity index (χ3v) is 4.34. The number of nitrogens with zero attached hydrogens (tertiary/aromatic N) is 1. The highest BCUT2D eigenvalue weighted by molar-refractivity contribution is 5.79. The summed E-state index contributed by atoms with van der Waals surface area (Å²) < 4.78 is 13.1. The van der Waals surface area contributed by atoms with Gasteiger partial charge in [-0.2, -0.15) is 0 Å². The molecule has 2 aromatic rings. The summed E-state index contributed by atoms with van der Waals surface area (Å²) in [4.78, 5) is 14.6. The van der Waals surface area contributed by atoms with Gasteiger partial charge in [-0.25, -0.2) is 4.39 Å². The third kappa shape index (κ3) is 3.70. The van der Waals surface area contributed by atoms with E-state index in [0.717, 1.165) is 36.9 Å². The van der Waals surface area contributed by atoms with E-state index in [1.165, 1.54) is 12.1 Å². The van der Waals surface area contributed by atoms with Gasteiger partial charge in [0.05, 0.1) is 12.5 Å². The molecule has 0 aliphatic carbocycles. The predicted molar refractivity (Wildman–Crippen MR) is 86.5 cm³/mol. The van der Waals surface area contributed by atoms with Gasteiger partial charge < -0.3 is 10.0 Å². The summed E-state index contributed by atoms with van der Waals surface area (Å²) in [5.74, 6) is -0.0455. The molecular weight excluding hydrogens is 293 g/mol. The molecule has 0 unspecified atom stereocenters. The van der Waals surface area contributed by atoms with Crippen molar-refractivity contribution in [1.29, 1.82) is 0 Å². The van der Waals surface area contributed by atoms with Crippen molar-refractivity contribution in [3.8, 4) is 5.75 Å². The Labute approximate surface area is 135 Å². The number of halogens is 1. The van der Waals surface area contributed by atoms with E-state index in [1.807, 2.05) is 11.0 Å². The Bertz CT molecular complexity index is 684. The molecule has 0 spiro atoms. The quantitative estimate of drug-likeness (QED) is 0.935. The highest BCUT2D eigenvalue weighted by Crippen LogP contribution is 2.31. The number of carbonyl (C=O) groups is 1. The fraction of sp³-hybridized carbons (Fsp3) is 0.316. The fourth-order valence-electron chi connectivity index (χ4n) is 3.20. The van der Waals surface area contributed by atoms with Gasteiger partial charge in [-0.1, -0.05) is 24.3 Å². The molecule has 1 aliphatic heterocycles. The van der Waals surface area contributed by atoms with Crippen molar-refractivity contribution >= 4 is 5.91 Å². The summed E-state index contributed by atoms with van der Waals surface area (Å²) in [6.07, 6.45) is 3.23. The van der Waals surface area contributed by atoms with Crippen molar-refractivity contribution in [1.82, 2.24) is 4.90 Å². The number of phenols is 1. The van der Waals surface area contributed by atoms with E-state index in [1.54, 1.807) is 30.3 Å². The summed E-state index contributed by atoms with van der Waals surface area (Å²) >= 11 is 0. The second-order valence-electron chi connectivity index (χ2n) is 6.00. The van der Waals surface area contributed by atoms with Crippen LogP contribution in [-0.4, -0.2) is 22.5 Å².